The van der Waals surface area contributed by atoms with E-state index in [0.717, 1.165) is 5.01 Å². The lowest BCUT2D eigenvalue weighted by Crippen LogP contribution is -2.34. The Morgan fingerprint density at radius 3 is 3.05 bits per heavy atom. The molecule has 0 aliphatic heterocycles. The molecule has 1 atom stereocenters. The van der Waals surface area contributed by atoms with E-state index in [1.807, 2.05) is 12.3 Å². The third-order valence-corrected chi connectivity index (χ3v) is 3.56. The summed E-state index contributed by atoms with van der Waals surface area (Å²) in [7, 11) is 0. The minimum atomic E-state index is -0.0954. The average molecular weight is 292 g/mol. The molecular formula is C13H16N4O2S. The molecule has 2 aromatic rings. The highest BCUT2D eigenvalue weighted by molar-refractivity contribution is 7.13. The standard InChI is InChI=1S/C13H16N4O2S/c1-9(2-5-18)16-12(19)6-10-8-20-13(17-10)11-7-14-3-4-15-11/h3-4,7-9,18H,2,5-6H2,1H3,(H,16,19). The minimum absolute atomic E-state index is 0.0365. The van der Waals surface area contributed by atoms with Crippen molar-refractivity contribution in [3.63, 3.8) is 0 Å². The van der Waals surface area contributed by atoms with Crippen molar-refractivity contribution in [3.8, 4) is 10.7 Å². The van der Waals surface area contributed by atoms with Crippen LogP contribution in [0.5, 0.6) is 0 Å². The van der Waals surface area contributed by atoms with Crippen molar-refractivity contribution >= 4 is 17.2 Å². The van der Waals surface area contributed by atoms with Crippen molar-refractivity contribution in [2.24, 2.45) is 0 Å². The first kappa shape index (κ1) is 14.5. The molecule has 0 saturated carbocycles. The van der Waals surface area contributed by atoms with Crippen LogP contribution in [0.2, 0.25) is 0 Å². The molecule has 0 saturated heterocycles. The number of nitrogens with zero attached hydrogens (tertiary/aromatic N) is 3. The van der Waals surface area contributed by atoms with Crippen LogP contribution in [0.3, 0.4) is 0 Å². The van der Waals surface area contributed by atoms with E-state index in [1.54, 1.807) is 18.6 Å². The number of aliphatic hydroxyl groups excluding tert-OH is 1. The smallest absolute Gasteiger partial charge is 0.226 e. The molecule has 0 bridgehead atoms. The van der Waals surface area contributed by atoms with E-state index < -0.39 is 0 Å². The zero-order chi connectivity index (χ0) is 14.4. The monoisotopic (exact) mass is 292 g/mol. The molecule has 2 aromatic heterocycles. The van der Waals surface area contributed by atoms with Crippen molar-refractivity contribution in [2.45, 2.75) is 25.8 Å². The molecule has 0 aromatic carbocycles. The second-order valence-corrected chi connectivity index (χ2v) is 5.25. The molecular weight excluding hydrogens is 276 g/mol. The van der Waals surface area contributed by atoms with Crippen molar-refractivity contribution < 1.29 is 9.90 Å². The third kappa shape index (κ3) is 4.07. The van der Waals surface area contributed by atoms with Gasteiger partial charge in [-0.25, -0.2) is 4.98 Å². The third-order valence-electron chi connectivity index (χ3n) is 2.65. The fourth-order valence-electron chi connectivity index (χ4n) is 1.67. The zero-order valence-electron chi connectivity index (χ0n) is 11.1. The Labute approximate surface area is 120 Å². The van der Waals surface area contributed by atoms with Gasteiger partial charge in [-0.2, -0.15) is 0 Å². The second kappa shape index (κ2) is 7.06. The van der Waals surface area contributed by atoms with Crippen molar-refractivity contribution in [1.82, 2.24) is 20.3 Å². The second-order valence-electron chi connectivity index (χ2n) is 4.39. The Hall–Kier alpha value is -1.86. The lowest BCUT2D eigenvalue weighted by Gasteiger charge is -2.11. The molecule has 0 spiro atoms. The number of aliphatic hydroxyl groups is 1. The van der Waals surface area contributed by atoms with Crippen LogP contribution < -0.4 is 5.32 Å². The Morgan fingerprint density at radius 1 is 1.50 bits per heavy atom. The Kier molecular flexibility index (Phi) is 5.14. The van der Waals surface area contributed by atoms with Gasteiger partial charge in [0.25, 0.3) is 0 Å². The summed E-state index contributed by atoms with van der Waals surface area (Å²) < 4.78 is 0. The maximum atomic E-state index is 11.8. The van der Waals surface area contributed by atoms with Gasteiger partial charge in [-0.15, -0.1) is 11.3 Å². The van der Waals surface area contributed by atoms with E-state index >= 15 is 0 Å². The molecule has 2 N–H and O–H groups in total. The number of hydrogen-bond donors (Lipinski definition) is 2. The predicted octanol–water partition coefficient (Wildman–Crippen LogP) is 1.03. The highest BCUT2D eigenvalue weighted by Gasteiger charge is 2.11. The van der Waals surface area contributed by atoms with Gasteiger partial charge in [0.2, 0.25) is 5.91 Å². The Balaban J connectivity index is 1.95. The molecule has 2 rings (SSSR count). The molecule has 0 fully saturated rings. The average Bonchev–Trinajstić information content (AvgIpc) is 2.88. The van der Waals surface area contributed by atoms with Crippen LogP contribution in [0.1, 0.15) is 19.0 Å². The summed E-state index contributed by atoms with van der Waals surface area (Å²) in [5.41, 5.74) is 1.42. The van der Waals surface area contributed by atoms with Crippen LogP contribution >= 0.6 is 11.3 Å². The van der Waals surface area contributed by atoms with Gasteiger partial charge in [-0.3, -0.25) is 14.8 Å². The van der Waals surface area contributed by atoms with Crippen LogP contribution in [-0.4, -0.2) is 38.6 Å². The summed E-state index contributed by atoms with van der Waals surface area (Å²) in [6.45, 7) is 1.93. The molecule has 7 heteroatoms. The number of nitrogens with one attached hydrogen (secondary N) is 1. The number of aromatic nitrogens is 3. The van der Waals surface area contributed by atoms with Crippen molar-refractivity contribution in [1.29, 1.82) is 0 Å². The number of rotatable bonds is 6. The summed E-state index contributed by atoms with van der Waals surface area (Å²) in [5.74, 6) is -0.0954. The summed E-state index contributed by atoms with van der Waals surface area (Å²) >= 11 is 1.44. The first-order valence-electron chi connectivity index (χ1n) is 6.30. The van der Waals surface area contributed by atoms with E-state index in [1.165, 1.54) is 11.3 Å². The van der Waals surface area contributed by atoms with Crippen LogP contribution in [0.15, 0.2) is 24.0 Å². The van der Waals surface area contributed by atoms with E-state index in [2.05, 4.69) is 20.3 Å². The molecule has 2 heterocycles. The van der Waals surface area contributed by atoms with E-state index in [4.69, 9.17) is 5.11 Å². The largest absolute Gasteiger partial charge is 0.396 e. The number of carbonyl (C=O) groups is 1. The van der Waals surface area contributed by atoms with Gasteiger partial charge in [0.1, 0.15) is 10.7 Å². The molecule has 1 unspecified atom stereocenters. The normalized spacial score (nSPS) is 12.1. The van der Waals surface area contributed by atoms with Gasteiger partial charge in [0.15, 0.2) is 0 Å². The molecule has 6 nitrogen and oxygen atoms in total. The first-order valence-corrected chi connectivity index (χ1v) is 7.18. The minimum Gasteiger partial charge on any atom is -0.396 e. The van der Waals surface area contributed by atoms with Crippen LogP contribution in [0.4, 0.5) is 0 Å². The van der Waals surface area contributed by atoms with Crippen LogP contribution in [-0.2, 0) is 11.2 Å². The topological polar surface area (TPSA) is 88.0 Å². The van der Waals surface area contributed by atoms with E-state index in [-0.39, 0.29) is 25.0 Å². The quantitative estimate of drug-likeness (QED) is 0.830. The molecule has 0 aliphatic rings. The van der Waals surface area contributed by atoms with Gasteiger partial charge >= 0.3 is 0 Å². The van der Waals surface area contributed by atoms with Gasteiger partial charge in [0, 0.05) is 30.4 Å². The van der Waals surface area contributed by atoms with Crippen molar-refractivity contribution in [3.05, 3.63) is 29.7 Å². The lowest BCUT2D eigenvalue weighted by atomic mass is 10.2. The first-order chi connectivity index (χ1) is 9.69. The Morgan fingerprint density at radius 2 is 2.35 bits per heavy atom. The van der Waals surface area contributed by atoms with E-state index in [9.17, 15) is 4.79 Å². The summed E-state index contributed by atoms with van der Waals surface area (Å²) in [6.07, 6.45) is 5.64. The SMILES string of the molecule is CC(CCO)NC(=O)Cc1csc(-c2cnccn2)n1. The van der Waals surface area contributed by atoms with Crippen LogP contribution in [0.25, 0.3) is 10.7 Å². The zero-order valence-corrected chi connectivity index (χ0v) is 11.9. The van der Waals surface area contributed by atoms with Crippen LogP contribution in [0, 0.1) is 0 Å². The molecule has 0 radical (unpaired) electrons. The van der Waals surface area contributed by atoms with Gasteiger partial charge in [0.05, 0.1) is 18.3 Å². The molecule has 0 aliphatic carbocycles. The highest BCUT2D eigenvalue weighted by Crippen LogP contribution is 2.20. The number of thiazole rings is 1. The number of hydrogen-bond acceptors (Lipinski definition) is 6. The maximum absolute atomic E-state index is 11.8. The molecule has 106 valence electrons. The fourth-order valence-corrected chi connectivity index (χ4v) is 2.45. The van der Waals surface area contributed by atoms with Gasteiger partial charge in [-0.1, -0.05) is 0 Å². The highest BCUT2D eigenvalue weighted by atomic mass is 32.1. The lowest BCUT2D eigenvalue weighted by molar-refractivity contribution is -0.121. The summed E-state index contributed by atoms with van der Waals surface area (Å²) in [4.78, 5) is 24.3. The fraction of sp³-hybridized carbons (Fsp3) is 0.385. The van der Waals surface area contributed by atoms with E-state index in [0.29, 0.717) is 17.8 Å². The molecule has 1 amide bonds. The van der Waals surface area contributed by atoms with Crippen molar-refractivity contribution in [2.75, 3.05) is 6.61 Å². The number of amides is 1. The predicted molar refractivity (Wildman–Crippen MR) is 76.2 cm³/mol. The molecule has 20 heavy (non-hydrogen) atoms. The summed E-state index contributed by atoms with van der Waals surface area (Å²) in [6, 6.07) is -0.0365. The summed E-state index contributed by atoms with van der Waals surface area (Å²) in [5, 5.41) is 14.2. The Bertz CT molecular complexity index is 559. The maximum Gasteiger partial charge on any atom is 0.226 e. The van der Waals surface area contributed by atoms with Gasteiger partial charge < -0.3 is 10.4 Å². The van der Waals surface area contributed by atoms with Gasteiger partial charge in [-0.05, 0) is 13.3 Å². The number of carbonyl (C=O) groups excluding carboxylic acids is 1.